The number of halogens is 2. The number of nitrogens with zero attached hydrogens (tertiary/aromatic N) is 2. The number of methoxy groups -OCH3 is 1. The summed E-state index contributed by atoms with van der Waals surface area (Å²) < 4.78 is 45.9. The van der Waals surface area contributed by atoms with Crippen LogP contribution in [-0.4, -0.2) is 29.7 Å². The van der Waals surface area contributed by atoms with Crippen molar-refractivity contribution in [2.45, 2.75) is 65.9 Å². The van der Waals surface area contributed by atoms with Crippen molar-refractivity contribution in [3.63, 3.8) is 0 Å². The lowest BCUT2D eigenvalue weighted by Crippen LogP contribution is -2.14. The summed E-state index contributed by atoms with van der Waals surface area (Å²) >= 11 is 0. The molecule has 0 spiro atoms. The minimum absolute atomic E-state index is 0.0965. The van der Waals surface area contributed by atoms with Crippen LogP contribution in [0.2, 0.25) is 0 Å². The third kappa shape index (κ3) is 7.52. The Hall–Kier alpha value is -3.55. The molecule has 6 nitrogen and oxygen atoms in total. The van der Waals surface area contributed by atoms with Crippen LogP contribution in [0.4, 0.5) is 8.78 Å². The van der Waals surface area contributed by atoms with E-state index in [9.17, 15) is 13.6 Å². The second-order valence-electron chi connectivity index (χ2n) is 11.2. The van der Waals surface area contributed by atoms with Gasteiger partial charge in [-0.25, -0.2) is 13.8 Å². The number of esters is 1. The Morgan fingerprint density at radius 2 is 1.85 bits per heavy atom. The van der Waals surface area contributed by atoms with Gasteiger partial charge in [0, 0.05) is 28.8 Å². The number of hydrogen-bond acceptors (Lipinski definition) is 6. The van der Waals surface area contributed by atoms with Crippen LogP contribution < -0.4 is 9.47 Å². The van der Waals surface area contributed by atoms with Gasteiger partial charge in [-0.3, -0.25) is 9.78 Å². The second kappa shape index (κ2) is 12.1. The van der Waals surface area contributed by atoms with Crippen LogP contribution >= 0.6 is 0 Å². The minimum Gasteiger partial charge on any atom is -0.497 e. The highest BCUT2D eigenvalue weighted by atomic mass is 19.1. The van der Waals surface area contributed by atoms with Crippen molar-refractivity contribution in [3.8, 4) is 22.8 Å². The van der Waals surface area contributed by atoms with Gasteiger partial charge < -0.3 is 14.2 Å². The molecule has 1 aliphatic rings. The molecular weight excluding hydrogens is 502 g/mol. The van der Waals surface area contributed by atoms with Crippen LogP contribution in [0.25, 0.3) is 11.1 Å². The molecule has 1 unspecified atom stereocenters. The molecule has 0 amide bonds. The van der Waals surface area contributed by atoms with E-state index in [2.05, 4.69) is 25.8 Å². The van der Waals surface area contributed by atoms with Crippen molar-refractivity contribution < 1.29 is 27.8 Å². The molecule has 0 N–H and O–H groups in total. The zero-order valence-electron chi connectivity index (χ0n) is 23.2. The van der Waals surface area contributed by atoms with Gasteiger partial charge in [0.25, 0.3) is 0 Å². The molecule has 0 aliphatic heterocycles. The average Bonchev–Trinajstić information content (AvgIpc) is 3.72. The Morgan fingerprint density at radius 3 is 2.51 bits per heavy atom. The fraction of sp³-hybridized carbons (Fsp3) is 0.452. The zero-order chi connectivity index (χ0) is 28.2. The maximum atomic E-state index is 14.8. The van der Waals surface area contributed by atoms with Crippen molar-refractivity contribution in [3.05, 3.63) is 71.2 Å². The van der Waals surface area contributed by atoms with Gasteiger partial charge in [-0.2, -0.15) is 0 Å². The highest BCUT2D eigenvalue weighted by molar-refractivity contribution is 5.71. The van der Waals surface area contributed by atoms with Gasteiger partial charge in [0.1, 0.15) is 24.0 Å². The van der Waals surface area contributed by atoms with E-state index < -0.39 is 5.82 Å². The molecule has 8 heteroatoms. The lowest BCUT2D eigenvalue weighted by atomic mass is 9.87. The largest absolute Gasteiger partial charge is 0.497 e. The molecular formula is C31H36F2N2O4. The van der Waals surface area contributed by atoms with E-state index in [-0.39, 0.29) is 54.6 Å². The number of carbonyl (C=O) groups excluding carboxylic acids is 1. The van der Waals surface area contributed by atoms with Crippen LogP contribution in [0.15, 0.2) is 42.6 Å². The van der Waals surface area contributed by atoms with E-state index in [4.69, 9.17) is 19.2 Å². The standard InChI is InChI=1S/C31H36F2N2O4/c1-6-38-30(36)15-23(19-7-8-19)25-14-29(34-17-27(25)33)39-18-20-9-11-22(28(35-20)16-31(2,3)4)24-13-21(37-5)10-12-26(24)32/h9-14,17,19,23H,6-8,15-16,18H2,1-5H3. The average molecular weight is 539 g/mol. The molecule has 1 atom stereocenters. The van der Waals surface area contributed by atoms with Gasteiger partial charge in [-0.05, 0) is 67.3 Å². The fourth-order valence-corrected chi connectivity index (χ4v) is 4.72. The molecule has 39 heavy (non-hydrogen) atoms. The predicted molar refractivity (Wildman–Crippen MR) is 145 cm³/mol. The summed E-state index contributed by atoms with van der Waals surface area (Å²) in [4.78, 5) is 21.1. The zero-order valence-corrected chi connectivity index (χ0v) is 23.2. The molecule has 2 heterocycles. The highest BCUT2D eigenvalue weighted by Gasteiger charge is 2.36. The fourth-order valence-electron chi connectivity index (χ4n) is 4.72. The van der Waals surface area contributed by atoms with Crippen LogP contribution in [0.5, 0.6) is 11.6 Å². The Morgan fingerprint density at radius 1 is 1.08 bits per heavy atom. The molecule has 0 radical (unpaired) electrons. The normalized spacial score (nSPS) is 14.1. The van der Waals surface area contributed by atoms with E-state index in [0.29, 0.717) is 34.6 Å². The van der Waals surface area contributed by atoms with Gasteiger partial charge in [0.15, 0.2) is 0 Å². The first-order chi connectivity index (χ1) is 18.6. The number of rotatable bonds is 11. The van der Waals surface area contributed by atoms with Crippen LogP contribution in [0.1, 0.15) is 69.8 Å². The molecule has 0 saturated heterocycles. The van der Waals surface area contributed by atoms with E-state index in [1.54, 1.807) is 38.3 Å². The number of carbonyl (C=O) groups is 1. The summed E-state index contributed by atoms with van der Waals surface area (Å²) in [7, 11) is 1.55. The SMILES string of the molecule is CCOC(=O)CC(c1cc(OCc2ccc(-c3cc(OC)ccc3F)c(CC(C)(C)C)n2)ncc1F)C1CC1. The maximum absolute atomic E-state index is 14.8. The summed E-state index contributed by atoms with van der Waals surface area (Å²) in [6.07, 6.45) is 3.77. The van der Waals surface area contributed by atoms with Crippen LogP contribution in [0, 0.1) is 23.0 Å². The Balaban J connectivity index is 1.58. The van der Waals surface area contributed by atoms with E-state index in [1.807, 2.05) is 6.07 Å². The van der Waals surface area contributed by atoms with Crippen molar-refractivity contribution in [2.75, 3.05) is 13.7 Å². The molecule has 4 rings (SSSR count). The minimum atomic E-state index is -0.459. The topological polar surface area (TPSA) is 70.5 Å². The first-order valence-corrected chi connectivity index (χ1v) is 13.3. The monoisotopic (exact) mass is 538 g/mol. The lowest BCUT2D eigenvalue weighted by Gasteiger charge is -2.21. The summed E-state index contributed by atoms with van der Waals surface area (Å²) in [6.45, 7) is 8.43. The first-order valence-electron chi connectivity index (χ1n) is 13.3. The molecule has 1 aromatic carbocycles. The highest BCUT2D eigenvalue weighted by Crippen LogP contribution is 2.45. The molecule has 1 saturated carbocycles. The van der Waals surface area contributed by atoms with Gasteiger partial charge in [0.2, 0.25) is 5.88 Å². The molecule has 208 valence electrons. The molecule has 1 aliphatic carbocycles. The third-order valence-electron chi connectivity index (χ3n) is 6.70. The van der Waals surface area contributed by atoms with E-state index >= 15 is 0 Å². The Bertz CT molecular complexity index is 1320. The summed E-state index contributed by atoms with van der Waals surface area (Å²) in [5, 5.41) is 0. The number of benzene rings is 1. The molecule has 1 fully saturated rings. The molecule has 0 bridgehead atoms. The van der Waals surface area contributed by atoms with Gasteiger partial charge in [-0.1, -0.05) is 26.8 Å². The predicted octanol–water partition coefficient (Wildman–Crippen LogP) is 7.04. The van der Waals surface area contributed by atoms with Gasteiger partial charge in [0.05, 0.1) is 32.0 Å². The third-order valence-corrected chi connectivity index (χ3v) is 6.70. The van der Waals surface area contributed by atoms with E-state index in [1.165, 1.54) is 6.07 Å². The number of pyridine rings is 2. The number of aromatic nitrogens is 2. The summed E-state index contributed by atoms with van der Waals surface area (Å²) in [5.41, 5.74) is 2.82. The van der Waals surface area contributed by atoms with Crippen LogP contribution in [0.3, 0.4) is 0 Å². The first kappa shape index (κ1) is 28.5. The van der Waals surface area contributed by atoms with Gasteiger partial charge in [-0.15, -0.1) is 0 Å². The van der Waals surface area contributed by atoms with Gasteiger partial charge >= 0.3 is 5.97 Å². The van der Waals surface area contributed by atoms with Crippen molar-refractivity contribution in [1.82, 2.24) is 9.97 Å². The van der Waals surface area contributed by atoms with Crippen molar-refractivity contribution in [1.29, 1.82) is 0 Å². The van der Waals surface area contributed by atoms with Crippen molar-refractivity contribution >= 4 is 5.97 Å². The smallest absolute Gasteiger partial charge is 0.306 e. The van der Waals surface area contributed by atoms with E-state index in [0.717, 1.165) is 24.7 Å². The summed E-state index contributed by atoms with van der Waals surface area (Å²) in [5.74, 6) is -0.370. The number of hydrogen-bond donors (Lipinski definition) is 0. The van der Waals surface area contributed by atoms with Crippen molar-refractivity contribution in [2.24, 2.45) is 11.3 Å². The molecule has 2 aromatic heterocycles. The Kier molecular flexibility index (Phi) is 8.83. The second-order valence-corrected chi connectivity index (χ2v) is 11.2. The summed E-state index contributed by atoms with van der Waals surface area (Å²) in [6, 6.07) is 9.86. The number of ether oxygens (including phenoxy) is 3. The maximum Gasteiger partial charge on any atom is 0.306 e. The van der Waals surface area contributed by atoms with Crippen LogP contribution in [-0.2, 0) is 22.6 Å². The lowest BCUT2D eigenvalue weighted by molar-refractivity contribution is -0.143. The quantitative estimate of drug-likeness (QED) is 0.244. The Labute approximate surface area is 228 Å². The molecule has 3 aromatic rings.